The molecule has 0 spiro atoms. The van der Waals surface area contributed by atoms with Crippen molar-refractivity contribution in [3.63, 3.8) is 0 Å². The first-order valence-electron chi connectivity index (χ1n) is 10.5. The second-order valence-electron chi connectivity index (χ2n) is 7.75. The third kappa shape index (κ3) is 4.76. The minimum atomic E-state index is -1.36. The lowest BCUT2D eigenvalue weighted by Crippen LogP contribution is -2.49. The first-order valence-corrected chi connectivity index (χ1v) is 10.5. The number of hydrogen-bond acceptors (Lipinski definition) is 8. The Morgan fingerprint density at radius 3 is 2.37 bits per heavy atom. The summed E-state index contributed by atoms with van der Waals surface area (Å²) in [6.07, 6.45) is 1.51. The summed E-state index contributed by atoms with van der Waals surface area (Å²) in [7, 11) is 0. The Morgan fingerprint density at radius 1 is 1.09 bits per heavy atom. The Balaban J connectivity index is 1.44. The number of amides is 4. The zero-order chi connectivity index (χ0) is 25.0. The number of ether oxygens (including phenoxy) is 1. The van der Waals surface area contributed by atoms with Crippen LogP contribution < -0.4 is 10.7 Å². The Kier molecular flexibility index (Phi) is 6.36. The van der Waals surface area contributed by atoms with Crippen molar-refractivity contribution in [1.82, 2.24) is 36.0 Å². The van der Waals surface area contributed by atoms with Crippen LogP contribution in [-0.2, 0) is 24.7 Å². The van der Waals surface area contributed by atoms with Gasteiger partial charge in [-0.1, -0.05) is 60.7 Å². The maximum atomic E-state index is 12.9. The quantitative estimate of drug-likeness (QED) is 0.292. The molecular weight excluding hydrogens is 454 g/mol. The third-order valence-corrected chi connectivity index (χ3v) is 5.28. The van der Waals surface area contributed by atoms with Crippen LogP contribution in [0.3, 0.4) is 0 Å². The summed E-state index contributed by atoms with van der Waals surface area (Å²) in [6, 6.07) is 16.7. The van der Waals surface area contributed by atoms with Crippen LogP contribution >= 0.6 is 0 Å². The number of nitrogens with zero attached hydrogens (tertiary/aromatic N) is 5. The number of benzene rings is 2. The van der Waals surface area contributed by atoms with E-state index in [1.807, 2.05) is 6.07 Å². The number of aromatic nitrogens is 4. The predicted molar refractivity (Wildman–Crippen MR) is 121 cm³/mol. The van der Waals surface area contributed by atoms with E-state index in [1.54, 1.807) is 61.5 Å². The van der Waals surface area contributed by atoms with Crippen molar-refractivity contribution in [2.24, 2.45) is 0 Å². The molecule has 0 aliphatic carbocycles. The highest BCUT2D eigenvalue weighted by Gasteiger charge is 2.50. The van der Waals surface area contributed by atoms with E-state index in [0.717, 1.165) is 0 Å². The number of tetrazole rings is 1. The highest BCUT2D eigenvalue weighted by molar-refractivity contribution is 6.15. The molecule has 0 unspecified atom stereocenters. The number of hydrazine groups is 1. The van der Waals surface area contributed by atoms with Crippen LogP contribution in [0.15, 0.2) is 60.7 Å². The van der Waals surface area contributed by atoms with Gasteiger partial charge in [0, 0.05) is 0 Å². The Morgan fingerprint density at radius 2 is 1.74 bits per heavy atom. The maximum absolute atomic E-state index is 12.9. The second-order valence-corrected chi connectivity index (χ2v) is 7.75. The van der Waals surface area contributed by atoms with Gasteiger partial charge in [-0.3, -0.25) is 15.0 Å². The molecule has 4 rings (SSSR count). The molecule has 0 radical (unpaired) electrons. The van der Waals surface area contributed by atoms with E-state index in [9.17, 15) is 19.2 Å². The molecule has 2 heterocycles. The number of hydrogen-bond donors (Lipinski definition) is 2. The molecule has 1 fully saturated rings. The van der Waals surface area contributed by atoms with E-state index in [-0.39, 0.29) is 5.70 Å². The molecule has 12 nitrogen and oxygen atoms in total. The summed E-state index contributed by atoms with van der Waals surface area (Å²) in [5.74, 6) is -2.12. The number of aryl methyl sites for hydroxylation is 1. The van der Waals surface area contributed by atoms with Gasteiger partial charge in [-0.25, -0.2) is 9.59 Å². The summed E-state index contributed by atoms with van der Waals surface area (Å²) in [6.45, 7) is 2.37. The Hall–Kier alpha value is -4.87. The largest absolute Gasteiger partial charge is 0.451 e. The van der Waals surface area contributed by atoms with E-state index < -0.39 is 36.0 Å². The van der Waals surface area contributed by atoms with Crippen LogP contribution in [-0.4, -0.2) is 55.6 Å². The van der Waals surface area contributed by atoms with E-state index in [2.05, 4.69) is 26.3 Å². The number of carbonyl (C=O) groups is 4. The summed E-state index contributed by atoms with van der Waals surface area (Å²) >= 11 is 0. The van der Waals surface area contributed by atoms with Gasteiger partial charge in [-0.2, -0.15) is 9.69 Å². The molecule has 35 heavy (non-hydrogen) atoms. The van der Waals surface area contributed by atoms with Crippen molar-refractivity contribution >= 4 is 35.6 Å². The van der Waals surface area contributed by atoms with Crippen LogP contribution in [0.4, 0.5) is 4.79 Å². The van der Waals surface area contributed by atoms with Gasteiger partial charge in [0.2, 0.25) is 0 Å². The Labute approximate surface area is 199 Å². The molecule has 1 aliphatic rings. The molecule has 1 aromatic heterocycles. The van der Waals surface area contributed by atoms with Gasteiger partial charge in [0.05, 0.1) is 0 Å². The van der Waals surface area contributed by atoms with Gasteiger partial charge in [-0.15, -0.1) is 5.10 Å². The summed E-state index contributed by atoms with van der Waals surface area (Å²) in [5.41, 5.74) is 2.03. The number of rotatable bonds is 7. The lowest BCUT2D eigenvalue weighted by molar-refractivity contribution is -0.146. The van der Waals surface area contributed by atoms with Crippen LogP contribution in [0.2, 0.25) is 0 Å². The second kappa shape index (κ2) is 9.55. The predicted octanol–water partition coefficient (Wildman–Crippen LogP) is 1.02. The van der Waals surface area contributed by atoms with Crippen LogP contribution in [0.25, 0.3) is 11.8 Å². The molecule has 2 aromatic carbocycles. The van der Waals surface area contributed by atoms with Crippen LogP contribution in [0, 0.1) is 6.92 Å². The maximum Gasteiger partial charge on any atom is 0.357 e. The first-order chi connectivity index (χ1) is 16.8. The molecule has 2 N–H and O–H groups in total. The lowest BCUT2D eigenvalue weighted by Gasteiger charge is -2.22. The zero-order valence-corrected chi connectivity index (χ0v) is 18.8. The number of imide groups is 1. The molecule has 4 amide bonds. The van der Waals surface area contributed by atoms with Gasteiger partial charge in [0.25, 0.3) is 11.8 Å². The highest BCUT2D eigenvalue weighted by Crippen LogP contribution is 2.27. The molecule has 0 saturated carbocycles. The van der Waals surface area contributed by atoms with Crippen molar-refractivity contribution in [3.8, 4) is 0 Å². The Bertz CT molecular complexity index is 1310. The van der Waals surface area contributed by atoms with Gasteiger partial charge in [0.15, 0.2) is 18.1 Å². The van der Waals surface area contributed by atoms with Crippen molar-refractivity contribution in [2.45, 2.75) is 19.4 Å². The van der Waals surface area contributed by atoms with Crippen molar-refractivity contribution < 1.29 is 23.9 Å². The van der Waals surface area contributed by atoms with E-state index >= 15 is 0 Å². The SMILES string of the molecule is Cc1nnnn1/C(=C/c1ccccc1)C(=O)OCC(=O)NN1C(=O)N[C@@](C)(c2ccccc2)C1=O. The van der Waals surface area contributed by atoms with E-state index in [4.69, 9.17) is 4.74 Å². The average Bonchev–Trinajstić information content (AvgIpc) is 3.38. The average molecular weight is 475 g/mol. The van der Waals surface area contributed by atoms with Crippen molar-refractivity contribution in [2.75, 3.05) is 6.61 Å². The molecule has 1 atom stereocenters. The van der Waals surface area contributed by atoms with Gasteiger partial charge in [-0.05, 0) is 41.5 Å². The summed E-state index contributed by atoms with van der Waals surface area (Å²) in [5, 5.41) is 14.2. The number of nitrogens with one attached hydrogen (secondary N) is 2. The standard InChI is InChI=1S/C23H21N7O5/c1-15-25-27-28-29(15)18(13-16-9-5-3-6-10-16)20(32)35-14-19(31)26-30-21(33)23(2,24-22(30)34)17-11-7-4-8-12-17/h3-13H,14H2,1-2H3,(H,24,34)(H,26,31)/b18-13+/t23-/m0/s1. The number of carbonyl (C=O) groups excluding carboxylic acids is 4. The molecular formula is C23H21N7O5. The molecule has 1 saturated heterocycles. The fourth-order valence-corrected chi connectivity index (χ4v) is 3.44. The third-order valence-electron chi connectivity index (χ3n) is 5.28. The zero-order valence-electron chi connectivity index (χ0n) is 18.8. The first kappa shape index (κ1) is 23.3. The minimum absolute atomic E-state index is 0.0295. The van der Waals surface area contributed by atoms with Gasteiger partial charge < -0.3 is 10.1 Å². The van der Waals surface area contributed by atoms with Gasteiger partial charge in [0.1, 0.15) is 5.54 Å². The number of urea groups is 1. The topological polar surface area (TPSA) is 148 Å². The molecule has 0 bridgehead atoms. The van der Waals surface area contributed by atoms with Crippen molar-refractivity contribution in [3.05, 3.63) is 77.6 Å². The van der Waals surface area contributed by atoms with Crippen LogP contribution in [0.5, 0.6) is 0 Å². The fraction of sp³-hybridized carbons (Fsp3) is 0.174. The highest BCUT2D eigenvalue weighted by atomic mass is 16.5. The minimum Gasteiger partial charge on any atom is -0.451 e. The van der Waals surface area contributed by atoms with Crippen molar-refractivity contribution in [1.29, 1.82) is 0 Å². The molecule has 3 aromatic rings. The van der Waals surface area contributed by atoms with E-state index in [0.29, 0.717) is 22.0 Å². The lowest BCUT2D eigenvalue weighted by atomic mass is 9.92. The van der Waals surface area contributed by atoms with E-state index in [1.165, 1.54) is 17.7 Å². The molecule has 178 valence electrons. The van der Waals surface area contributed by atoms with Gasteiger partial charge >= 0.3 is 12.0 Å². The fourth-order valence-electron chi connectivity index (χ4n) is 3.44. The smallest absolute Gasteiger partial charge is 0.357 e. The van der Waals surface area contributed by atoms with Crippen LogP contribution in [0.1, 0.15) is 23.9 Å². The summed E-state index contributed by atoms with van der Waals surface area (Å²) in [4.78, 5) is 50.5. The monoisotopic (exact) mass is 475 g/mol. The summed E-state index contributed by atoms with van der Waals surface area (Å²) < 4.78 is 6.31. The molecule has 1 aliphatic heterocycles. The normalized spacial score (nSPS) is 17.8. The molecule has 12 heteroatoms. The number of esters is 1.